The molecule has 0 aliphatic carbocycles. The van der Waals surface area contributed by atoms with Gasteiger partial charge in [-0.15, -0.1) is 0 Å². The van der Waals surface area contributed by atoms with Crippen LogP contribution < -0.4 is 25.0 Å². The molecule has 0 radical (unpaired) electrons. The number of non-ortho nitro benzene ring substituents is 1. The topological polar surface area (TPSA) is 124 Å². The summed E-state index contributed by atoms with van der Waals surface area (Å²) in [5.74, 6) is 1.60. The molecule has 1 amide bonds. The summed E-state index contributed by atoms with van der Waals surface area (Å²) >= 11 is 0. The first-order chi connectivity index (χ1) is 16.1. The first kappa shape index (κ1) is 21.6. The van der Waals surface area contributed by atoms with Gasteiger partial charge in [-0.2, -0.15) is 5.10 Å². The second-order valence-corrected chi connectivity index (χ2v) is 7.00. The Balaban J connectivity index is 1.24. The SMILES string of the molecule is O=C(CNc1ccc2c(c1)OCO2)N/N=C\c1cccc(OCc2ccc([N+](=O)[O-])cc2)c1. The molecule has 1 heterocycles. The van der Waals surface area contributed by atoms with E-state index in [1.165, 1.54) is 18.3 Å². The number of fused-ring (bicyclic) bond motifs is 1. The molecule has 0 saturated carbocycles. The van der Waals surface area contributed by atoms with Crippen LogP contribution in [-0.2, 0) is 11.4 Å². The van der Waals surface area contributed by atoms with Gasteiger partial charge in [0.05, 0.1) is 17.7 Å². The van der Waals surface area contributed by atoms with Crippen LogP contribution in [0.2, 0.25) is 0 Å². The molecule has 4 rings (SSSR count). The third-order valence-electron chi connectivity index (χ3n) is 4.64. The highest BCUT2D eigenvalue weighted by atomic mass is 16.7. The lowest BCUT2D eigenvalue weighted by molar-refractivity contribution is -0.384. The zero-order chi connectivity index (χ0) is 23.0. The van der Waals surface area contributed by atoms with Gasteiger partial charge in [0.2, 0.25) is 6.79 Å². The van der Waals surface area contributed by atoms with Gasteiger partial charge in [-0.1, -0.05) is 12.1 Å². The first-order valence-electron chi connectivity index (χ1n) is 9.98. The third-order valence-corrected chi connectivity index (χ3v) is 4.64. The van der Waals surface area contributed by atoms with E-state index in [2.05, 4.69) is 15.8 Å². The second-order valence-electron chi connectivity index (χ2n) is 7.00. The van der Waals surface area contributed by atoms with E-state index in [4.69, 9.17) is 14.2 Å². The molecule has 10 nitrogen and oxygen atoms in total. The number of ether oxygens (including phenoxy) is 3. The highest BCUT2D eigenvalue weighted by Gasteiger charge is 2.13. The molecule has 1 aliphatic rings. The molecule has 0 bridgehead atoms. The molecule has 33 heavy (non-hydrogen) atoms. The van der Waals surface area contributed by atoms with Gasteiger partial charge in [-0.3, -0.25) is 14.9 Å². The number of amides is 1. The second kappa shape index (κ2) is 10.1. The number of nitro benzene ring substituents is 1. The molecule has 0 aromatic heterocycles. The van der Waals surface area contributed by atoms with E-state index in [9.17, 15) is 14.9 Å². The highest BCUT2D eigenvalue weighted by molar-refractivity contribution is 5.84. The average molecular weight is 448 g/mol. The van der Waals surface area contributed by atoms with Crippen LogP contribution in [0.5, 0.6) is 17.2 Å². The minimum Gasteiger partial charge on any atom is -0.489 e. The van der Waals surface area contributed by atoms with Gasteiger partial charge in [0.1, 0.15) is 12.4 Å². The molecule has 0 saturated heterocycles. The summed E-state index contributed by atoms with van der Waals surface area (Å²) in [5, 5.41) is 17.7. The van der Waals surface area contributed by atoms with Crippen molar-refractivity contribution in [2.75, 3.05) is 18.7 Å². The van der Waals surface area contributed by atoms with E-state index in [0.29, 0.717) is 17.2 Å². The number of nitrogens with zero attached hydrogens (tertiary/aromatic N) is 2. The summed E-state index contributed by atoms with van der Waals surface area (Å²) in [5.41, 5.74) is 4.77. The number of hydrogen-bond donors (Lipinski definition) is 2. The molecular formula is C23H20N4O6. The van der Waals surface area contributed by atoms with Crippen molar-refractivity contribution in [3.8, 4) is 17.2 Å². The molecule has 0 unspecified atom stereocenters. The molecule has 168 valence electrons. The molecular weight excluding hydrogens is 428 g/mol. The lowest BCUT2D eigenvalue weighted by Gasteiger charge is -2.07. The van der Waals surface area contributed by atoms with Crippen molar-refractivity contribution in [1.29, 1.82) is 0 Å². The first-order valence-corrected chi connectivity index (χ1v) is 9.98. The summed E-state index contributed by atoms with van der Waals surface area (Å²) in [4.78, 5) is 22.3. The Bertz CT molecular complexity index is 1180. The molecule has 0 fully saturated rings. The number of hydrogen-bond acceptors (Lipinski definition) is 8. The van der Waals surface area contributed by atoms with E-state index < -0.39 is 4.92 Å². The van der Waals surface area contributed by atoms with E-state index in [-0.39, 0.29) is 31.5 Å². The van der Waals surface area contributed by atoms with E-state index >= 15 is 0 Å². The van der Waals surface area contributed by atoms with Gasteiger partial charge in [-0.25, -0.2) is 5.43 Å². The van der Waals surface area contributed by atoms with E-state index in [0.717, 1.165) is 16.8 Å². The summed E-state index contributed by atoms with van der Waals surface area (Å²) in [6, 6.07) is 18.7. The fourth-order valence-electron chi connectivity index (χ4n) is 2.97. The Hall–Kier alpha value is -4.60. The zero-order valence-corrected chi connectivity index (χ0v) is 17.4. The lowest BCUT2D eigenvalue weighted by atomic mass is 10.2. The van der Waals surface area contributed by atoms with Crippen molar-refractivity contribution in [3.05, 3.63) is 88.0 Å². The van der Waals surface area contributed by atoms with Crippen molar-refractivity contribution in [2.45, 2.75) is 6.61 Å². The van der Waals surface area contributed by atoms with Crippen LogP contribution in [-0.4, -0.2) is 30.4 Å². The van der Waals surface area contributed by atoms with Crippen LogP contribution in [0.4, 0.5) is 11.4 Å². The number of rotatable bonds is 9. The predicted octanol–water partition coefficient (Wildman–Crippen LogP) is 3.46. The standard InChI is InChI=1S/C23H20N4O6/c28-23(13-24-18-6-9-21-22(11-18)33-15-32-21)26-25-12-17-2-1-3-20(10-17)31-14-16-4-7-19(8-5-16)27(29)30/h1-12,24H,13-15H2,(H,26,28)/b25-12-. The predicted molar refractivity (Wildman–Crippen MR) is 121 cm³/mol. The van der Waals surface area contributed by atoms with Gasteiger partial charge in [0.25, 0.3) is 11.6 Å². The van der Waals surface area contributed by atoms with Crippen LogP contribution in [0.25, 0.3) is 0 Å². The van der Waals surface area contributed by atoms with Crippen LogP contribution in [0.1, 0.15) is 11.1 Å². The number of anilines is 1. The van der Waals surface area contributed by atoms with Crippen LogP contribution >= 0.6 is 0 Å². The number of nitro groups is 1. The van der Waals surface area contributed by atoms with Crippen LogP contribution in [0.15, 0.2) is 71.8 Å². The molecule has 10 heteroatoms. The quantitative estimate of drug-likeness (QED) is 0.292. The minimum absolute atomic E-state index is 0.0325. The Labute approximate surface area is 188 Å². The zero-order valence-electron chi connectivity index (χ0n) is 17.4. The van der Waals surface area contributed by atoms with Crippen LogP contribution in [0, 0.1) is 10.1 Å². The highest BCUT2D eigenvalue weighted by Crippen LogP contribution is 2.34. The fraction of sp³-hybridized carbons (Fsp3) is 0.130. The average Bonchev–Trinajstić information content (AvgIpc) is 3.30. The van der Waals surface area contributed by atoms with Crippen molar-refractivity contribution in [1.82, 2.24) is 5.43 Å². The maximum atomic E-state index is 12.0. The van der Waals surface area contributed by atoms with Crippen molar-refractivity contribution < 1.29 is 23.9 Å². The lowest BCUT2D eigenvalue weighted by Crippen LogP contribution is -2.25. The van der Waals surface area contributed by atoms with Crippen LogP contribution in [0.3, 0.4) is 0 Å². The summed E-state index contributed by atoms with van der Waals surface area (Å²) in [7, 11) is 0. The van der Waals surface area contributed by atoms with Gasteiger partial charge < -0.3 is 19.5 Å². The molecule has 3 aromatic carbocycles. The van der Waals surface area contributed by atoms with Gasteiger partial charge in [0, 0.05) is 23.9 Å². The van der Waals surface area contributed by atoms with Crippen molar-refractivity contribution in [3.63, 3.8) is 0 Å². The number of carbonyl (C=O) groups excluding carboxylic acids is 1. The molecule has 3 aromatic rings. The third kappa shape index (κ3) is 5.97. The Morgan fingerprint density at radius 1 is 1.09 bits per heavy atom. The molecule has 0 atom stereocenters. The number of carbonyl (C=O) groups is 1. The molecule has 0 spiro atoms. The minimum atomic E-state index is -0.445. The van der Waals surface area contributed by atoms with E-state index in [1.807, 2.05) is 6.07 Å². The number of nitrogens with one attached hydrogen (secondary N) is 2. The normalized spacial score (nSPS) is 11.9. The van der Waals surface area contributed by atoms with Gasteiger partial charge in [0.15, 0.2) is 11.5 Å². The van der Waals surface area contributed by atoms with Crippen molar-refractivity contribution in [2.24, 2.45) is 5.10 Å². The summed E-state index contributed by atoms with van der Waals surface area (Å²) < 4.78 is 16.3. The fourth-order valence-corrected chi connectivity index (χ4v) is 2.97. The summed E-state index contributed by atoms with van der Waals surface area (Å²) in [6.45, 7) is 0.494. The van der Waals surface area contributed by atoms with Crippen molar-refractivity contribution >= 4 is 23.5 Å². The van der Waals surface area contributed by atoms with E-state index in [1.54, 1.807) is 48.5 Å². The molecule has 2 N–H and O–H groups in total. The number of hydrazone groups is 1. The van der Waals surface area contributed by atoms with Gasteiger partial charge >= 0.3 is 0 Å². The smallest absolute Gasteiger partial charge is 0.269 e. The Kier molecular flexibility index (Phi) is 6.64. The Morgan fingerprint density at radius 3 is 2.73 bits per heavy atom. The molecule has 1 aliphatic heterocycles. The summed E-state index contributed by atoms with van der Waals surface area (Å²) in [6.07, 6.45) is 1.51. The largest absolute Gasteiger partial charge is 0.489 e. The Morgan fingerprint density at radius 2 is 1.91 bits per heavy atom. The monoisotopic (exact) mass is 448 g/mol. The van der Waals surface area contributed by atoms with Gasteiger partial charge in [-0.05, 0) is 47.5 Å². The number of benzene rings is 3. The maximum absolute atomic E-state index is 12.0. The maximum Gasteiger partial charge on any atom is 0.269 e.